The van der Waals surface area contributed by atoms with Gasteiger partial charge in [0.25, 0.3) is 0 Å². The van der Waals surface area contributed by atoms with E-state index in [0.717, 1.165) is 23.1 Å². The van der Waals surface area contributed by atoms with E-state index in [1.54, 1.807) is 0 Å². The maximum atomic E-state index is 5.30. The van der Waals surface area contributed by atoms with E-state index < -0.39 is 5.41 Å². The minimum absolute atomic E-state index is 0.0765. The SMILES string of the molecule is CC1(C)CCC(C)(C)c2cc(-c3nc(-c4ccccc4)nc(-c4ccc5c(c4)C4(c6ccccc6Sc6ccccc64)c4ccccc4-5)n3)ccc21. The lowest BCUT2D eigenvalue weighted by molar-refractivity contribution is 0.332. The first kappa shape index (κ1) is 31.4. The molecule has 6 aromatic carbocycles. The Labute approximate surface area is 310 Å². The molecule has 0 saturated heterocycles. The fraction of sp³-hybridized carbons (Fsp3) is 0.188. The summed E-state index contributed by atoms with van der Waals surface area (Å²) in [5, 5.41) is 0. The summed E-state index contributed by atoms with van der Waals surface area (Å²) in [5.74, 6) is 2.07. The molecule has 252 valence electrons. The normalized spacial score (nSPS) is 16.7. The topological polar surface area (TPSA) is 38.7 Å². The van der Waals surface area contributed by atoms with Crippen molar-refractivity contribution in [1.29, 1.82) is 0 Å². The highest BCUT2D eigenvalue weighted by Crippen LogP contribution is 2.62. The van der Waals surface area contributed by atoms with Crippen molar-refractivity contribution in [2.24, 2.45) is 0 Å². The van der Waals surface area contributed by atoms with E-state index in [9.17, 15) is 0 Å². The van der Waals surface area contributed by atoms with Gasteiger partial charge in [0.2, 0.25) is 0 Å². The number of fused-ring (bicyclic) bond motifs is 10. The van der Waals surface area contributed by atoms with Crippen LogP contribution >= 0.6 is 11.8 Å². The van der Waals surface area contributed by atoms with Crippen LogP contribution in [0.2, 0.25) is 0 Å². The molecule has 0 saturated carbocycles. The van der Waals surface area contributed by atoms with E-state index in [2.05, 4.69) is 149 Å². The van der Waals surface area contributed by atoms with Crippen LogP contribution in [0.5, 0.6) is 0 Å². The van der Waals surface area contributed by atoms with Crippen molar-refractivity contribution in [3.05, 3.63) is 173 Å². The molecule has 52 heavy (non-hydrogen) atoms. The van der Waals surface area contributed by atoms with Crippen molar-refractivity contribution in [2.45, 2.75) is 66.6 Å². The van der Waals surface area contributed by atoms with Crippen molar-refractivity contribution >= 4 is 11.8 Å². The minimum atomic E-state index is -0.463. The molecule has 4 heteroatoms. The van der Waals surface area contributed by atoms with Gasteiger partial charge in [0.1, 0.15) is 0 Å². The average molecular weight is 690 g/mol. The van der Waals surface area contributed by atoms with Crippen molar-refractivity contribution in [2.75, 3.05) is 0 Å². The van der Waals surface area contributed by atoms with E-state index >= 15 is 0 Å². The quantitative estimate of drug-likeness (QED) is 0.185. The van der Waals surface area contributed by atoms with Gasteiger partial charge in [-0.15, -0.1) is 0 Å². The van der Waals surface area contributed by atoms with E-state index in [0.29, 0.717) is 17.5 Å². The Bertz CT molecular complexity index is 2520. The van der Waals surface area contributed by atoms with Crippen LogP contribution in [0.1, 0.15) is 73.9 Å². The standard InChI is InChI=1S/C48H39N3S/c1-46(2)26-27-47(3,4)40-29-32(23-25-36(40)46)45-50-43(30-14-6-5-7-15-30)49-44(51-45)31-22-24-34-33-16-8-9-17-35(33)48(39(34)28-31)37-18-10-12-20-41(37)52-42-21-13-11-19-38(42)48/h5-25,28-29H,26-27H2,1-4H3. The van der Waals surface area contributed by atoms with Gasteiger partial charge in [-0.05, 0) is 92.4 Å². The van der Waals surface area contributed by atoms with Gasteiger partial charge in [0.05, 0.1) is 5.41 Å². The summed E-state index contributed by atoms with van der Waals surface area (Å²) in [4.78, 5) is 18.3. The molecule has 2 aliphatic carbocycles. The molecule has 1 aromatic heterocycles. The second-order valence-corrected chi connectivity index (χ2v) is 16.9. The van der Waals surface area contributed by atoms with Crippen LogP contribution in [0.3, 0.4) is 0 Å². The molecule has 0 radical (unpaired) electrons. The Morgan fingerprint density at radius 2 is 0.885 bits per heavy atom. The Morgan fingerprint density at radius 3 is 1.54 bits per heavy atom. The average Bonchev–Trinajstić information content (AvgIpc) is 3.47. The van der Waals surface area contributed by atoms with E-state index in [-0.39, 0.29) is 10.8 Å². The Kier molecular flexibility index (Phi) is 6.85. The van der Waals surface area contributed by atoms with E-state index in [1.165, 1.54) is 60.7 Å². The number of benzene rings is 6. The van der Waals surface area contributed by atoms with Gasteiger partial charge < -0.3 is 0 Å². The molecule has 2 heterocycles. The van der Waals surface area contributed by atoms with Crippen molar-refractivity contribution in [3.8, 4) is 45.3 Å². The molecule has 0 atom stereocenters. The van der Waals surface area contributed by atoms with Gasteiger partial charge in [0.15, 0.2) is 17.5 Å². The van der Waals surface area contributed by atoms with Gasteiger partial charge >= 0.3 is 0 Å². The molecule has 3 aliphatic rings. The van der Waals surface area contributed by atoms with Crippen LogP contribution in [0.4, 0.5) is 0 Å². The van der Waals surface area contributed by atoms with E-state index in [4.69, 9.17) is 15.0 Å². The summed E-state index contributed by atoms with van der Waals surface area (Å²) in [6.07, 6.45) is 2.33. The minimum Gasteiger partial charge on any atom is -0.208 e. The third kappa shape index (κ3) is 4.56. The molecule has 0 fully saturated rings. The fourth-order valence-electron chi connectivity index (χ4n) is 9.07. The second-order valence-electron chi connectivity index (χ2n) is 15.9. The molecule has 10 rings (SSSR count). The molecule has 0 amide bonds. The number of aromatic nitrogens is 3. The molecule has 1 spiro atoms. The number of rotatable bonds is 3. The van der Waals surface area contributed by atoms with Gasteiger partial charge in [-0.1, -0.05) is 155 Å². The second kappa shape index (κ2) is 11.3. The van der Waals surface area contributed by atoms with Crippen molar-refractivity contribution in [1.82, 2.24) is 15.0 Å². The maximum absolute atomic E-state index is 5.30. The highest BCUT2D eigenvalue weighted by Gasteiger charge is 2.50. The van der Waals surface area contributed by atoms with E-state index in [1.807, 2.05) is 30.0 Å². The van der Waals surface area contributed by atoms with Crippen LogP contribution in [-0.2, 0) is 16.2 Å². The summed E-state index contributed by atoms with van der Waals surface area (Å²) in [6.45, 7) is 9.49. The molecular formula is C48H39N3S. The third-order valence-electron chi connectivity index (χ3n) is 11.9. The van der Waals surface area contributed by atoms with Gasteiger partial charge in [0, 0.05) is 26.5 Å². The van der Waals surface area contributed by atoms with Crippen LogP contribution in [0.15, 0.2) is 149 Å². The van der Waals surface area contributed by atoms with Gasteiger partial charge in [-0.25, -0.2) is 15.0 Å². The first-order valence-corrected chi connectivity index (χ1v) is 19.1. The summed E-state index contributed by atoms with van der Waals surface area (Å²) in [6, 6.07) is 50.9. The summed E-state index contributed by atoms with van der Waals surface area (Å²) >= 11 is 1.87. The molecule has 0 unspecified atom stereocenters. The summed E-state index contributed by atoms with van der Waals surface area (Å²) in [5.41, 5.74) is 13.3. The fourth-order valence-corrected chi connectivity index (χ4v) is 10.3. The molecule has 0 N–H and O–H groups in total. The number of hydrogen-bond acceptors (Lipinski definition) is 4. The van der Waals surface area contributed by atoms with Gasteiger partial charge in [-0.2, -0.15) is 0 Å². The number of hydrogen-bond donors (Lipinski definition) is 0. The summed E-state index contributed by atoms with van der Waals surface area (Å²) in [7, 11) is 0. The van der Waals surface area contributed by atoms with Crippen molar-refractivity contribution in [3.63, 3.8) is 0 Å². The lowest BCUT2D eigenvalue weighted by Gasteiger charge is -2.42. The zero-order chi connectivity index (χ0) is 35.2. The Morgan fingerprint density at radius 1 is 0.404 bits per heavy atom. The smallest absolute Gasteiger partial charge is 0.164 e. The monoisotopic (exact) mass is 689 g/mol. The van der Waals surface area contributed by atoms with Crippen LogP contribution in [0.25, 0.3) is 45.3 Å². The highest BCUT2D eigenvalue weighted by atomic mass is 32.2. The predicted octanol–water partition coefficient (Wildman–Crippen LogP) is 12.0. The zero-order valence-electron chi connectivity index (χ0n) is 29.9. The summed E-state index contributed by atoms with van der Waals surface area (Å²) < 4.78 is 0. The van der Waals surface area contributed by atoms with Crippen LogP contribution < -0.4 is 0 Å². The Balaban J connectivity index is 1.21. The third-order valence-corrected chi connectivity index (χ3v) is 13.0. The number of nitrogens with zero attached hydrogens (tertiary/aromatic N) is 3. The first-order chi connectivity index (χ1) is 25.2. The predicted molar refractivity (Wildman–Crippen MR) is 213 cm³/mol. The Hall–Kier alpha value is -5.32. The molecule has 1 aliphatic heterocycles. The molecular weight excluding hydrogens is 651 g/mol. The van der Waals surface area contributed by atoms with Crippen LogP contribution in [0, 0.1) is 0 Å². The molecule has 0 bridgehead atoms. The molecule has 3 nitrogen and oxygen atoms in total. The van der Waals surface area contributed by atoms with Gasteiger partial charge in [-0.3, -0.25) is 0 Å². The zero-order valence-corrected chi connectivity index (χ0v) is 30.8. The highest BCUT2D eigenvalue weighted by molar-refractivity contribution is 7.99. The largest absolute Gasteiger partial charge is 0.208 e. The molecule has 7 aromatic rings. The van der Waals surface area contributed by atoms with Crippen LogP contribution in [-0.4, -0.2) is 15.0 Å². The maximum Gasteiger partial charge on any atom is 0.164 e. The first-order valence-electron chi connectivity index (χ1n) is 18.3. The lowest BCUT2D eigenvalue weighted by Crippen LogP contribution is -2.33. The van der Waals surface area contributed by atoms with Crippen molar-refractivity contribution < 1.29 is 0 Å². The lowest BCUT2D eigenvalue weighted by atomic mass is 9.63.